The average molecular weight is 321 g/mol. The van der Waals surface area contributed by atoms with E-state index in [1.165, 1.54) is 16.0 Å². The number of allylic oxidation sites excluding steroid dienone is 4. The normalized spacial score (nSPS) is 30.5. The summed E-state index contributed by atoms with van der Waals surface area (Å²) in [5.41, 5.74) is 6.49. The molecule has 2 aliphatic carbocycles. The highest BCUT2D eigenvalue weighted by Crippen LogP contribution is 2.57. The first kappa shape index (κ1) is 15.4. The third kappa shape index (κ3) is 1.78. The van der Waals surface area contributed by atoms with Crippen LogP contribution in [-0.4, -0.2) is 11.8 Å². The van der Waals surface area contributed by atoms with E-state index >= 15 is 0 Å². The lowest BCUT2D eigenvalue weighted by Gasteiger charge is -2.23. The highest BCUT2D eigenvalue weighted by Gasteiger charge is 2.62. The second kappa shape index (κ2) is 4.92. The Bertz CT molecular complexity index is 784. The minimum Gasteiger partial charge on any atom is -0.274 e. The molecule has 3 heteroatoms. The monoisotopic (exact) mass is 321 g/mol. The van der Waals surface area contributed by atoms with E-state index in [4.69, 9.17) is 0 Å². The molecular weight excluding hydrogens is 298 g/mol. The van der Waals surface area contributed by atoms with Gasteiger partial charge in [0.2, 0.25) is 11.8 Å². The number of hydrogen-bond donors (Lipinski definition) is 0. The summed E-state index contributed by atoms with van der Waals surface area (Å²) in [7, 11) is 0. The minimum absolute atomic E-state index is 0.0179. The van der Waals surface area contributed by atoms with E-state index in [1.807, 2.05) is 32.9 Å². The molecular formula is C21H23NO2. The number of nitrogens with zero attached hydrogens (tertiary/aromatic N) is 1. The zero-order chi connectivity index (χ0) is 17.3. The van der Waals surface area contributed by atoms with Gasteiger partial charge >= 0.3 is 0 Å². The molecule has 1 aromatic rings. The first-order valence-corrected chi connectivity index (χ1v) is 8.64. The molecule has 2 fully saturated rings. The molecule has 3 nitrogen and oxygen atoms in total. The lowest BCUT2D eigenvalue weighted by atomic mass is 9.85. The van der Waals surface area contributed by atoms with E-state index in [0.29, 0.717) is 0 Å². The van der Waals surface area contributed by atoms with E-state index in [9.17, 15) is 9.59 Å². The van der Waals surface area contributed by atoms with Crippen LogP contribution in [0.15, 0.2) is 35.4 Å². The predicted octanol–water partition coefficient (Wildman–Crippen LogP) is 3.87. The van der Waals surface area contributed by atoms with Gasteiger partial charge in [0.15, 0.2) is 0 Å². The first-order valence-electron chi connectivity index (χ1n) is 8.64. The zero-order valence-electron chi connectivity index (χ0n) is 14.9. The second-order valence-electron chi connectivity index (χ2n) is 7.70. The standard InChI is InChI=1S/C21H23NO2/c1-10(2)16-14-6-7-15(16)18-17(14)20(23)22(21(18)24)19-12(4)8-11(3)9-13(19)5/h6-9,14-15,17-18H,1-5H3/t14-,15+,17+,18-. The number of amides is 2. The Labute approximate surface area is 143 Å². The van der Waals surface area contributed by atoms with Gasteiger partial charge in [-0.15, -0.1) is 0 Å². The lowest BCUT2D eigenvalue weighted by molar-refractivity contribution is -0.123. The molecule has 2 amide bonds. The van der Waals surface area contributed by atoms with Gasteiger partial charge in [0.1, 0.15) is 0 Å². The molecule has 1 aromatic carbocycles. The third-order valence-corrected chi connectivity index (χ3v) is 5.85. The zero-order valence-corrected chi connectivity index (χ0v) is 14.9. The molecule has 1 saturated heterocycles. The number of imide groups is 1. The van der Waals surface area contributed by atoms with Crippen molar-refractivity contribution >= 4 is 17.5 Å². The molecule has 1 aliphatic heterocycles. The van der Waals surface area contributed by atoms with Crippen molar-refractivity contribution in [3.63, 3.8) is 0 Å². The van der Waals surface area contributed by atoms with Crippen molar-refractivity contribution in [1.29, 1.82) is 0 Å². The number of fused-ring (bicyclic) bond motifs is 5. The number of benzene rings is 1. The SMILES string of the molecule is CC(C)=C1[C@H]2C=C[C@@H]1[C@H]1C(=O)N(c3c(C)cc(C)cc3C)C(=O)[C@H]12. The maximum Gasteiger partial charge on any atom is 0.238 e. The van der Waals surface area contributed by atoms with Crippen LogP contribution < -0.4 is 4.90 Å². The van der Waals surface area contributed by atoms with E-state index in [-0.39, 0.29) is 35.5 Å². The summed E-state index contributed by atoms with van der Waals surface area (Å²) in [5, 5.41) is 0. The van der Waals surface area contributed by atoms with Crippen LogP contribution in [0, 0.1) is 44.4 Å². The summed E-state index contributed by atoms with van der Waals surface area (Å²) >= 11 is 0. The Morgan fingerprint density at radius 2 is 1.33 bits per heavy atom. The molecule has 24 heavy (non-hydrogen) atoms. The number of carbonyl (C=O) groups is 2. The molecule has 1 saturated carbocycles. The van der Waals surface area contributed by atoms with Gasteiger partial charge in [0.05, 0.1) is 17.5 Å². The van der Waals surface area contributed by atoms with Crippen molar-refractivity contribution < 1.29 is 9.59 Å². The van der Waals surface area contributed by atoms with Crippen LogP contribution in [0.1, 0.15) is 30.5 Å². The number of aryl methyl sites for hydroxylation is 3. The van der Waals surface area contributed by atoms with Crippen molar-refractivity contribution in [2.75, 3.05) is 4.90 Å². The van der Waals surface area contributed by atoms with Gasteiger partial charge in [-0.1, -0.05) is 41.0 Å². The summed E-state index contributed by atoms with van der Waals surface area (Å²) in [6.07, 6.45) is 4.27. The third-order valence-electron chi connectivity index (χ3n) is 5.85. The van der Waals surface area contributed by atoms with E-state index in [0.717, 1.165) is 22.4 Å². The summed E-state index contributed by atoms with van der Waals surface area (Å²) in [4.78, 5) is 27.9. The first-order chi connectivity index (χ1) is 11.3. The molecule has 3 aliphatic rings. The molecule has 0 N–H and O–H groups in total. The quantitative estimate of drug-likeness (QED) is 0.581. The van der Waals surface area contributed by atoms with Crippen molar-refractivity contribution in [1.82, 2.24) is 0 Å². The lowest BCUT2D eigenvalue weighted by Crippen LogP contribution is -2.34. The Morgan fingerprint density at radius 3 is 1.75 bits per heavy atom. The van der Waals surface area contributed by atoms with Gasteiger partial charge < -0.3 is 0 Å². The van der Waals surface area contributed by atoms with Gasteiger partial charge in [-0.05, 0) is 45.7 Å². The van der Waals surface area contributed by atoms with E-state index in [1.54, 1.807) is 0 Å². The number of hydrogen-bond acceptors (Lipinski definition) is 2. The molecule has 2 bridgehead atoms. The molecule has 1 heterocycles. The maximum atomic E-state index is 13.2. The smallest absolute Gasteiger partial charge is 0.238 e. The molecule has 4 atom stereocenters. The van der Waals surface area contributed by atoms with Gasteiger partial charge in [0, 0.05) is 11.8 Å². The summed E-state index contributed by atoms with van der Waals surface area (Å²) in [5.74, 6) is -0.240. The molecule has 0 unspecified atom stereocenters. The number of carbonyl (C=O) groups excluding carboxylic acids is 2. The fourth-order valence-corrected chi connectivity index (χ4v) is 5.18. The predicted molar refractivity (Wildman–Crippen MR) is 94.6 cm³/mol. The van der Waals surface area contributed by atoms with Crippen molar-refractivity contribution in [3.8, 4) is 0 Å². The van der Waals surface area contributed by atoms with Crippen molar-refractivity contribution in [3.05, 3.63) is 52.1 Å². The summed E-state index contributed by atoms with van der Waals surface area (Å²) in [6, 6.07) is 4.09. The minimum atomic E-state index is -0.211. The van der Waals surface area contributed by atoms with E-state index in [2.05, 4.69) is 26.0 Å². The Morgan fingerprint density at radius 1 is 0.875 bits per heavy atom. The summed E-state index contributed by atoms with van der Waals surface area (Å²) in [6.45, 7) is 10.2. The van der Waals surface area contributed by atoms with Gasteiger partial charge in [-0.25, -0.2) is 4.90 Å². The molecule has 0 radical (unpaired) electrons. The number of anilines is 1. The van der Waals surface area contributed by atoms with Crippen LogP contribution >= 0.6 is 0 Å². The Balaban J connectivity index is 1.82. The fraction of sp³-hybridized carbons (Fsp3) is 0.429. The van der Waals surface area contributed by atoms with Crippen LogP contribution in [0.3, 0.4) is 0 Å². The van der Waals surface area contributed by atoms with Crippen LogP contribution in [0.5, 0.6) is 0 Å². The van der Waals surface area contributed by atoms with Crippen molar-refractivity contribution in [2.24, 2.45) is 23.7 Å². The fourth-order valence-electron chi connectivity index (χ4n) is 5.18. The average Bonchev–Trinajstić information content (AvgIpc) is 3.11. The maximum absolute atomic E-state index is 13.2. The van der Waals surface area contributed by atoms with Crippen LogP contribution in [0.2, 0.25) is 0 Å². The van der Waals surface area contributed by atoms with Gasteiger partial charge in [0.25, 0.3) is 0 Å². The highest BCUT2D eigenvalue weighted by molar-refractivity contribution is 6.24. The molecule has 4 rings (SSSR count). The summed E-state index contributed by atoms with van der Waals surface area (Å²) < 4.78 is 0. The van der Waals surface area contributed by atoms with E-state index < -0.39 is 0 Å². The number of rotatable bonds is 1. The molecule has 0 aromatic heterocycles. The Kier molecular flexibility index (Phi) is 3.15. The topological polar surface area (TPSA) is 37.4 Å². The van der Waals surface area contributed by atoms with Gasteiger partial charge in [-0.3, -0.25) is 9.59 Å². The van der Waals surface area contributed by atoms with Crippen molar-refractivity contribution in [2.45, 2.75) is 34.6 Å². The molecule has 0 spiro atoms. The molecule has 124 valence electrons. The van der Waals surface area contributed by atoms with Crippen LogP contribution in [0.4, 0.5) is 5.69 Å². The van der Waals surface area contributed by atoms with Gasteiger partial charge in [-0.2, -0.15) is 0 Å². The largest absolute Gasteiger partial charge is 0.274 e. The van der Waals surface area contributed by atoms with Crippen LogP contribution in [0.25, 0.3) is 0 Å². The Hall–Kier alpha value is -2.16. The second-order valence-corrected chi connectivity index (χ2v) is 7.70. The highest BCUT2D eigenvalue weighted by atomic mass is 16.2. The van der Waals surface area contributed by atoms with Crippen LogP contribution in [-0.2, 0) is 9.59 Å².